The van der Waals surface area contributed by atoms with E-state index in [4.69, 9.17) is 4.74 Å². The Labute approximate surface area is 138 Å². The second-order valence-corrected chi connectivity index (χ2v) is 6.48. The van der Waals surface area contributed by atoms with Crippen molar-refractivity contribution in [3.05, 3.63) is 28.9 Å². The summed E-state index contributed by atoms with van der Waals surface area (Å²) in [6.07, 6.45) is 5.03. The highest BCUT2D eigenvalue weighted by Gasteiger charge is 2.22. The van der Waals surface area contributed by atoms with Crippen molar-refractivity contribution in [1.29, 1.82) is 0 Å². The number of pyridine rings is 1. The van der Waals surface area contributed by atoms with E-state index < -0.39 is 0 Å². The Morgan fingerprint density at radius 2 is 2.26 bits per heavy atom. The van der Waals surface area contributed by atoms with Crippen molar-refractivity contribution in [2.24, 2.45) is 5.92 Å². The fourth-order valence-corrected chi connectivity index (χ4v) is 2.53. The monoisotopic (exact) mass is 333 g/mol. The number of aryl methyl sites for hydroxylation is 1. The average Bonchev–Trinajstić information content (AvgIpc) is 3.30. The Bertz CT molecular complexity index is 654. The third-order valence-corrected chi connectivity index (χ3v) is 4.39. The van der Waals surface area contributed by atoms with Crippen molar-refractivity contribution in [3.8, 4) is 5.88 Å². The SMILES string of the molecule is CCc1nnc(NC(=O)NCc2ccc(OCC3CC3)nc2)s1. The molecule has 3 rings (SSSR count). The van der Waals surface area contributed by atoms with Crippen LogP contribution in [0.4, 0.5) is 9.93 Å². The smallest absolute Gasteiger partial charge is 0.321 e. The average molecular weight is 333 g/mol. The van der Waals surface area contributed by atoms with Gasteiger partial charge in [-0.3, -0.25) is 5.32 Å². The maximum absolute atomic E-state index is 11.8. The van der Waals surface area contributed by atoms with Gasteiger partial charge in [-0.2, -0.15) is 0 Å². The number of carbonyl (C=O) groups excluding carboxylic acids is 1. The predicted octanol–water partition coefficient (Wildman–Crippen LogP) is 2.61. The highest BCUT2D eigenvalue weighted by molar-refractivity contribution is 7.15. The van der Waals surface area contributed by atoms with E-state index >= 15 is 0 Å². The minimum absolute atomic E-state index is 0.308. The Morgan fingerprint density at radius 1 is 1.39 bits per heavy atom. The van der Waals surface area contributed by atoms with E-state index in [1.54, 1.807) is 6.20 Å². The van der Waals surface area contributed by atoms with Gasteiger partial charge in [0.2, 0.25) is 11.0 Å². The van der Waals surface area contributed by atoms with Gasteiger partial charge in [-0.1, -0.05) is 24.3 Å². The van der Waals surface area contributed by atoms with Crippen molar-refractivity contribution in [2.75, 3.05) is 11.9 Å². The summed E-state index contributed by atoms with van der Waals surface area (Å²) >= 11 is 1.37. The van der Waals surface area contributed by atoms with Crippen LogP contribution in [-0.4, -0.2) is 27.8 Å². The molecule has 1 saturated carbocycles. The number of carbonyl (C=O) groups is 1. The standard InChI is InChI=1S/C15H19N5O2S/c1-2-13-19-20-15(23-13)18-14(21)17-8-11-5-6-12(16-7-11)22-9-10-3-4-10/h5-7,10H,2-4,8-9H2,1H3,(H2,17,18,20,21). The van der Waals surface area contributed by atoms with E-state index in [2.05, 4.69) is 25.8 Å². The summed E-state index contributed by atoms with van der Waals surface area (Å²) in [6.45, 7) is 3.13. The van der Waals surface area contributed by atoms with E-state index in [-0.39, 0.29) is 6.03 Å². The molecule has 8 heteroatoms. The first-order chi connectivity index (χ1) is 11.2. The van der Waals surface area contributed by atoms with E-state index in [9.17, 15) is 4.79 Å². The molecule has 0 atom stereocenters. The Hall–Kier alpha value is -2.22. The topological polar surface area (TPSA) is 89.0 Å². The predicted molar refractivity (Wildman–Crippen MR) is 87.6 cm³/mol. The zero-order chi connectivity index (χ0) is 16.1. The summed E-state index contributed by atoms with van der Waals surface area (Å²) in [5.74, 6) is 1.33. The second kappa shape index (κ2) is 7.36. The second-order valence-electron chi connectivity index (χ2n) is 5.42. The molecule has 1 fully saturated rings. The molecular weight excluding hydrogens is 314 g/mol. The molecule has 7 nitrogen and oxygen atoms in total. The van der Waals surface area contributed by atoms with Crippen LogP contribution in [0.2, 0.25) is 0 Å². The van der Waals surface area contributed by atoms with E-state index in [1.807, 2.05) is 19.1 Å². The minimum atomic E-state index is -0.308. The van der Waals surface area contributed by atoms with E-state index in [0.29, 0.717) is 23.5 Å². The molecule has 1 aliphatic rings. The first-order valence-corrected chi connectivity index (χ1v) is 8.49. The summed E-state index contributed by atoms with van der Waals surface area (Å²) in [6, 6.07) is 3.42. The molecule has 0 aromatic carbocycles. The van der Waals surface area contributed by atoms with Crippen LogP contribution in [0.1, 0.15) is 30.3 Å². The molecule has 122 valence electrons. The van der Waals surface area contributed by atoms with Gasteiger partial charge in [0.25, 0.3) is 0 Å². The number of ether oxygens (including phenoxy) is 1. The molecule has 1 aliphatic carbocycles. The van der Waals surface area contributed by atoms with Gasteiger partial charge in [-0.05, 0) is 30.7 Å². The molecule has 0 radical (unpaired) electrons. The molecule has 0 saturated heterocycles. The lowest BCUT2D eigenvalue weighted by molar-refractivity contribution is 0.251. The van der Waals surface area contributed by atoms with E-state index in [1.165, 1.54) is 24.2 Å². The fourth-order valence-electron chi connectivity index (χ4n) is 1.86. The third-order valence-electron chi connectivity index (χ3n) is 3.40. The molecular formula is C15H19N5O2S. The van der Waals surface area contributed by atoms with Crippen molar-refractivity contribution in [2.45, 2.75) is 32.7 Å². The normalized spacial score (nSPS) is 13.6. The molecule has 0 unspecified atom stereocenters. The molecule has 0 aliphatic heterocycles. The molecule has 23 heavy (non-hydrogen) atoms. The van der Waals surface area contributed by atoms with Gasteiger partial charge in [0.1, 0.15) is 5.01 Å². The number of nitrogens with zero attached hydrogens (tertiary/aromatic N) is 3. The molecule has 2 amide bonds. The maximum atomic E-state index is 11.8. The van der Waals surface area contributed by atoms with Crippen LogP contribution < -0.4 is 15.4 Å². The number of hydrogen-bond acceptors (Lipinski definition) is 6. The number of nitrogens with one attached hydrogen (secondary N) is 2. The van der Waals surface area contributed by atoms with Crippen LogP contribution in [0.15, 0.2) is 18.3 Å². The van der Waals surface area contributed by atoms with Crippen LogP contribution in [0.3, 0.4) is 0 Å². The lowest BCUT2D eigenvalue weighted by Gasteiger charge is -2.07. The molecule has 2 N–H and O–H groups in total. The van der Waals surface area contributed by atoms with Gasteiger partial charge in [-0.15, -0.1) is 10.2 Å². The summed E-state index contributed by atoms with van der Waals surface area (Å²) in [5.41, 5.74) is 0.908. The van der Waals surface area contributed by atoms with E-state index in [0.717, 1.165) is 23.6 Å². The molecule has 0 spiro atoms. The van der Waals surface area contributed by atoms with Crippen LogP contribution in [-0.2, 0) is 13.0 Å². The number of amides is 2. The molecule has 2 heterocycles. The quantitative estimate of drug-likeness (QED) is 0.813. The highest BCUT2D eigenvalue weighted by atomic mass is 32.1. The van der Waals surface area contributed by atoms with Gasteiger partial charge < -0.3 is 10.1 Å². The van der Waals surface area contributed by atoms with Crippen LogP contribution >= 0.6 is 11.3 Å². The van der Waals surface area contributed by atoms with Crippen molar-refractivity contribution in [3.63, 3.8) is 0 Å². The highest BCUT2D eigenvalue weighted by Crippen LogP contribution is 2.29. The Balaban J connectivity index is 1.42. The van der Waals surface area contributed by atoms with Gasteiger partial charge in [0, 0.05) is 18.8 Å². The summed E-state index contributed by atoms with van der Waals surface area (Å²) < 4.78 is 5.58. The number of aromatic nitrogens is 3. The van der Waals surface area contributed by atoms with Crippen molar-refractivity contribution >= 4 is 22.5 Å². The van der Waals surface area contributed by atoms with Gasteiger partial charge in [0.15, 0.2) is 0 Å². The van der Waals surface area contributed by atoms with Crippen LogP contribution in [0, 0.1) is 5.92 Å². The number of rotatable bonds is 7. The van der Waals surface area contributed by atoms with Crippen LogP contribution in [0.25, 0.3) is 0 Å². The lowest BCUT2D eigenvalue weighted by Crippen LogP contribution is -2.28. The number of hydrogen-bond donors (Lipinski definition) is 2. The van der Waals surface area contributed by atoms with Crippen molar-refractivity contribution < 1.29 is 9.53 Å². The maximum Gasteiger partial charge on any atom is 0.321 e. The first kappa shape index (κ1) is 15.7. The minimum Gasteiger partial charge on any atom is -0.477 e. The first-order valence-electron chi connectivity index (χ1n) is 7.68. The zero-order valence-corrected chi connectivity index (χ0v) is 13.7. The van der Waals surface area contributed by atoms with Crippen molar-refractivity contribution in [1.82, 2.24) is 20.5 Å². The zero-order valence-electron chi connectivity index (χ0n) is 12.9. The Kier molecular flexibility index (Phi) is 5.02. The van der Waals surface area contributed by atoms with Crippen LogP contribution in [0.5, 0.6) is 5.88 Å². The Morgan fingerprint density at radius 3 is 2.91 bits per heavy atom. The summed E-state index contributed by atoms with van der Waals surface area (Å²) in [5, 5.41) is 14.7. The fraction of sp³-hybridized carbons (Fsp3) is 0.467. The summed E-state index contributed by atoms with van der Waals surface area (Å²) in [4.78, 5) is 16.0. The largest absolute Gasteiger partial charge is 0.477 e. The molecule has 2 aromatic rings. The molecule has 0 bridgehead atoms. The molecule has 2 aromatic heterocycles. The van der Waals surface area contributed by atoms with Gasteiger partial charge in [-0.25, -0.2) is 9.78 Å². The number of urea groups is 1. The van der Waals surface area contributed by atoms with Gasteiger partial charge >= 0.3 is 6.03 Å². The summed E-state index contributed by atoms with van der Waals surface area (Å²) in [7, 11) is 0. The van der Waals surface area contributed by atoms with Gasteiger partial charge in [0.05, 0.1) is 6.61 Å². The lowest BCUT2D eigenvalue weighted by atomic mass is 10.3. The third kappa shape index (κ3) is 4.88. The number of anilines is 1.